The second-order valence-corrected chi connectivity index (χ2v) is 4.49. The number of rotatable bonds is 3. The van der Waals surface area contributed by atoms with E-state index in [0.717, 1.165) is 19.5 Å². The standard InChI is InChI=1S/C12H17N3O2/c1-15-6-4-10(8-15)12(17)14-7-9-3-2-5-13-11(9)16/h2-3,5,10H,4,6-8H2,1H3,(H,13,16)(H,14,17). The molecule has 1 fully saturated rings. The molecule has 5 nitrogen and oxygen atoms in total. The Bertz CT molecular complexity index is 455. The van der Waals surface area contributed by atoms with Crippen LogP contribution in [-0.2, 0) is 11.3 Å². The van der Waals surface area contributed by atoms with E-state index in [9.17, 15) is 9.59 Å². The first-order chi connectivity index (χ1) is 8.16. The number of hydrogen-bond acceptors (Lipinski definition) is 3. The maximum Gasteiger partial charge on any atom is 0.252 e. The van der Waals surface area contributed by atoms with Crippen LogP contribution < -0.4 is 10.9 Å². The van der Waals surface area contributed by atoms with Gasteiger partial charge in [-0.2, -0.15) is 0 Å². The molecule has 2 N–H and O–H groups in total. The summed E-state index contributed by atoms with van der Waals surface area (Å²) in [6, 6.07) is 3.48. The Morgan fingerprint density at radius 3 is 3.12 bits per heavy atom. The number of pyridine rings is 1. The molecule has 1 atom stereocenters. The maximum absolute atomic E-state index is 11.8. The Labute approximate surface area is 99.8 Å². The fourth-order valence-electron chi connectivity index (χ4n) is 2.07. The largest absolute Gasteiger partial charge is 0.352 e. The van der Waals surface area contributed by atoms with E-state index in [1.165, 1.54) is 0 Å². The minimum atomic E-state index is -0.142. The van der Waals surface area contributed by atoms with E-state index in [4.69, 9.17) is 0 Å². The van der Waals surface area contributed by atoms with E-state index in [1.807, 2.05) is 7.05 Å². The number of aromatic nitrogens is 1. The molecule has 0 bridgehead atoms. The third-order valence-corrected chi connectivity index (χ3v) is 3.11. The van der Waals surface area contributed by atoms with E-state index in [1.54, 1.807) is 18.3 Å². The minimum Gasteiger partial charge on any atom is -0.352 e. The molecule has 1 saturated heterocycles. The van der Waals surface area contributed by atoms with Crippen molar-refractivity contribution in [3.63, 3.8) is 0 Å². The number of nitrogens with one attached hydrogen (secondary N) is 2. The van der Waals surface area contributed by atoms with Crippen molar-refractivity contribution in [3.05, 3.63) is 34.2 Å². The molecule has 1 unspecified atom stereocenters. The van der Waals surface area contributed by atoms with Gasteiger partial charge in [-0.3, -0.25) is 9.59 Å². The van der Waals surface area contributed by atoms with Crippen molar-refractivity contribution in [2.45, 2.75) is 13.0 Å². The summed E-state index contributed by atoms with van der Waals surface area (Å²) in [5, 5.41) is 2.82. The van der Waals surface area contributed by atoms with Crippen molar-refractivity contribution in [3.8, 4) is 0 Å². The first-order valence-electron chi connectivity index (χ1n) is 5.79. The Morgan fingerprint density at radius 1 is 1.65 bits per heavy atom. The van der Waals surface area contributed by atoms with Gasteiger partial charge < -0.3 is 15.2 Å². The van der Waals surface area contributed by atoms with Crippen molar-refractivity contribution in [1.29, 1.82) is 0 Å². The van der Waals surface area contributed by atoms with Crippen LogP contribution in [0.15, 0.2) is 23.1 Å². The second-order valence-electron chi connectivity index (χ2n) is 4.49. The third kappa shape index (κ3) is 2.94. The summed E-state index contributed by atoms with van der Waals surface area (Å²) in [5.74, 6) is 0.0976. The zero-order chi connectivity index (χ0) is 12.3. The maximum atomic E-state index is 11.8. The van der Waals surface area contributed by atoms with Crippen LogP contribution in [0.1, 0.15) is 12.0 Å². The summed E-state index contributed by atoms with van der Waals surface area (Å²) in [5.41, 5.74) is 0.448. The Kier molecular flexibility index (Phi) is 3.58. The summed E-state index contributed by atoms with van der Waals surface area (Å²) >= 11 is 0. The highest BCUT2D eigenvalue weighted by Gasteiger charge is 2.25. The lowest BCUT2D eigenvalue weighted by atomic mass is 10.1. The lowest BCUT2D eigenvalue weighted by Crippen LogP contribution is -2.33. The lowest BCUT2D eigenvalue weighted by Gasteiger charge is -2.10. The predicted molar refractivity (Wildman–Crippen MR) is 64.5 cm³/mol. The number of hydrogen-bond donors (Lipinski definition) is 2. The van der Waals surface area contributed by atoms with Crippen LogP contribution in [0, 0.1) is 5.92 Å². The van der Waals surface area contributed by atoms with E-state index in [2.05, 4.69) is 15.2 Å². The SMILES string of the molecule is CN1CCC(C(=O)NCc2ccc[nH]c2=O)C1. The highest BCUT2D eigenvalue weighted by molar-refractivity contribution is 5.79. The summed E-state index contributed by atoms with van der Waals surface area (Å²) in [6.45, 7) is 2.07. The van der Waals surface area contributed by atoms with E-state index in [0.29, 0.717) is 12.1 Å². The monoisotopic (exact) mass is 235 g/mol. The normalized spacial score (nSPS) is 20.4. The molecule has 0 aromatic carbocycles. The lowest BCUT2D eigenvalue weighted by molar-refractivity contribution is -0.124. The highest BCUT2D eigenvalue weighted by Crippen LogP contribution is 2.14. The number of carbonyl (C=O) groups is 1. The quantitative estimate of drug-likeness (QED) is 0.771. The van der Waals surface area contributed by atoms with Crippen LogP contribution in [0.4, 0.5) is 0 Å². The predicted octanol–water partition coefficient (Wildman–Crippen LogP) is -0.0572. The number of amides is 1. The topological polar surface area (TPSA) is 65.2 Å². The number of nitrogens with zero attached hydrogens (tertiary/aromatic N) is 1. The van der Waals surface area contributed by atoms with Crippen molar-refractivity contribution in [1.82, 2.24) is 15.2 Å². The van der Waals surface area contributed by atoms with Crippen LogP contribution in [0.5, 0.6) is 0 Å². The van der Waals surface area contributed by atoms with Gasteiger partial charge in [-0.25, -0.2) is 0 Å². The fraction of sp³-hybridized carbons (Fsp3) is 0.500. The first kappa shape index (κ1) is 11.9. The van der Waals surface area contributed by atoms with Gasteiger partial charge in [0.25, 0.3) is 5.56 Å². The molecule has 17 heavy (non-hydrogen) atoms. The van der Waals surface area contributed by atoms with Crippen LogP contribution >= 0.6 is 0 Å². The molecule has 1 aliphatic rings. The van der Waals surface area contributed by atoms with Gasteiger partial charge in [-0.15, -0.1) is 0 Å². The first-order valence-corrected chi connectivity index (χ1v) is 5.79. The van der Waals surface area contributed by atoms with E-state index < -0.39 is 0 Å². The van der Waals surface area contributed by atoms with Crippen molar-refractivity contribution >= 4 is 5.91 Å². The molecular formula is C12H17N3O2. The average Bonchev–Trinajstić information content (AvgIpc) is 2.74. The third-order valence-electron chi connectivity index (χ3n) is 3.11. The van der Waals surface area contributed by atoms with Gasteiger partial charge in [0.05, 0.1) is 5.92 Å². The number of H-pyrrole nitrogens is 1. The molecule has 0 spiro atoms. The molecule has 1 amide bonds. The zero-order valence-electron chi connectivity index (χ0n) is 9.90. The zero-order valence-corrected chi connectivity index (χ0v) is 9.90. The van der Waals surface area contributed by atoms with Gasteiger partial charge in [0, 0.05) is 24.8 Å². The average molecular weight is 235 g/mol. The van der Waals surface area contributed by atoms with Gasteiger partial charge in [0.15, 0.2) is 0 Å². The summed E-state index contributed by atoms with van der Waals surface area (Å²) in [7, 11) is 2.01. The minimum absolute atomic E-state index is 0.0394. The van der Waals surface area contributed by atoms with Gasteiger partial charge in [-0.05, 0) is 26.1 Å². The number of aromatic amines is 1. The summed E-state index contributed by atoms with van der Waals surface area (Å²) in [4.78, 5) is 27.9. The molecule has 92 valence electrons. The number of carbonyl (C=O) groups excluding carboxylic acids is 1. The molecule has 5 heteroatoms. The van der Waals surface area contributed by atoms with Crippen LogP contribution in [0.2, 0.25) is 0 Å². The van der Waals surface area contributed by atoms with Crippen LogP contribution in [-0.4, -0.2) is 35.9 Å². The molecule has 0 radical (unpaired) electrons. The fourth-order valence-corrected chi connectivity index (χ4v) is 2.07. The van der Waals surface area contributed by atoms with Gasteiger partial charge in [-0.1, -0.05) is 6.07 Å². The molecule has 0 aliphatic carbocycles. The van der Waals surface area contributed by atoms with Crippen molar-refractivity contribution in [2.24, 2.45) is 5.92 Å². The summed E-state index contributed by atoms with van der Waals surface area (Å²) < 4.78 is 0. The van der Waals surface area contributed by atoms with Crippen molar-refractivity contribution < 1.29 is 4.79 Å². The molecular weight excluding hydrogens is 218 g/mol. The Balaban J connectivity index is 1.88. The molecule has 1 aliphatic heterocycles. The summed E-state index contributed by atoms with van der Waals surface area (Å²) in [6.07, 6.45) is 2.48. The Hall–Kier alpha value is -1.62. The number of likely N-dealkylation sites (tertiary alicyclic amines) is 1. The van der Waals surface area contributed by atoms with E-state index in [-0.39, 0.29) is 17.4 Å². The van der Waals surface area contributed by atoms with Gasteiger partial charge in [0.2, 0.25) is 5.91 Å². The molecule has 1 aromatic heterocycles. The smallest absolute Gasteiger partial charge is 0.252 e. The van der Waals surface area contributed by atoms with Crippen LogP contribution in [0.25, 0.3) is 0 Å². The Morgan fingerprint density at radius 2 is 2.47 bits per heavy atom. The van der Waals surface area contributed by atoms with Gasteiger partial charge in [0.1, 0.15) is 0 Å². The molecule has 1 aromatic rings. The molecule has 0 saturated carbocycles. The molecule has 2 rings (SSSR count). The second kappa shape index (κ2) is 5.14. The molecule has 2 heterocycles. The van der Waals surface area contributed by atoms with Crippen molar-refractivity contribution in [2.75, 3.05) is 20.1 Å². The van der Waals surface area contributed by atoms with Gasteiger partial charge >= 0.3 is 0 Å². The van der Waals surface area contributed by atoms with E-state index >= 15 is 0 Å². The highest BCUT2D eigenvalue weighted by atomic mass is 16.2. The van der Waals surface area contributed by atoms with Crippen LogP contribution in [0.3, 0.4) is 0 Å².